The third-order valence-corrected chi connectivity index (χ3v) is 8.00. The molecule has 0 saturated heterocycles. The van der Waals surface area contributed by atoms with E-state index in [0.717, 1.165) is 24.8 Å². The van der Waals surface area contributed by atoms with Crippen molar-refractivity contribution in [3.63, 3.8) is 0 Å². The second-order valence-electron chi connectivity index (χ2n) is 7.66. The maximum Gasteiger partial charge on any atom is 0.240 e. The summed E-state index contributed by atoms with van der Waals surface area (Å²) in [6, 6.07) is 7.25. The minimum absolute atomic E-state index is 0.0321. The summed E-state index contributed by atoms with van der Waals surface area (Å²) >= 11 is 0. The van der Waals surface area contributed by atoms with Crippen molar-refractivity contribution in [2.75, 3.05) is 7.05 Å². The van der Waals surface area contributed by atoms with Crippen LogP contribution in [-0.4, -0.2) is 27.0 Å². The number of nitrogens with one attached hydrogen (secondary N) is 1. The van der Waals surface area contributed by atoms with Crippen molar-refractivity contribution >= 4 is 10.0 Å². The van der Waals surface area contributed by atoms with E-state index in [4.69, 9.17) is 11.5 Å². The molecule has 5 N–H and O–H groups in total. The van der Waals surface area contributed by atoms with Crippen molar-refractivity contribution < 1.29 is 8.42 Å². The average Bonchev–Trinajstić information content (AvgIpc) is 2.52. The summed E-state index contributed by atoms with van der Waals surface area (Å²) in [5.41, 5.74) is 13.8. The van der Waals surface area contributed by atoms with Gasteiger partial charge in [0.05, 0.1) is 4.90 Å². The quantitative estimate of drug-likeness (QED) is 0.772. The molecule has 6 heteroatoms. The van der Waals surface area contributed by atoms with E-state index in [1.54, 1.807) is 12.1 Å². The molecule has 0 radical (unpaired) electrons. The van der Waals surface area contributed by atoms with Gasteiger partial charge in [-0.15, -0.1) is 0 Å². The first kappa shape index (κ1) is 15.6. The lowest BCUT2D eigenvalue weighted by atomic mass is 9.46. The van der Waals surface area contributed by atoms with Crippen LogP contribution in [0.25, 0.3) is 0 Å². The lowest BCUT2D eigenvalue weighted by Gasteiger charge is -2.63. The summed E-state index contributed by atoms with van der Waals surface area (Å²) in [5.74, 6) is 1.64. The molecule has 126 valence electrons. The van der Waals surface area contributed by atoms with Gasteiger partial charge < -0.3 is 11.5 Å². The highest BCUT2D eigenvalue weighted by Gasteiger charge is 2.60. The van der Waals surface area contributed by atoms with E-state index in [0.29, 0.717) is 22.6 Å². The summed E-state index contributed by atoms with van der Waals surface area (Å²) in [5, 5.41) is 0. The van der Waals surface area contributed by atoms with Gasteiger partial charge in [-0.2, -0.15) is 0 Å². The fourth-order valence-corrected chi connectivity index (χ4v) is 6.73. The second kappa shape index (κ2) is 5.02. The fraction of sp³-hybridized carbons (Fsp3) is 0.647. The molecule has 0 heterocycles. The predicted molar refractivity (Wildman–Crippen MR) is 89.3 cm³/mol. The molecule has 4 bridgehead atoms. The monoisotopic (exact) mass is 335 g/mol. The van der Waals surface area contributed by atoms with Crippen LogP contribution >= 0.6 is 0 Å². The number of hydrogen-bond donors (Lipinski definition) is 3. The Bertz CT molecular complexity index is 735. The Hall–Kier alpha value is -0.950. The largest absolute Gasteiger partial charge is 0.326 e. The summed E-state index contributed by atoms with van der Waals surface area (Å²) in [6.07, 6.45) is 4.34. The van der Waals surface area contributed by atoms with E-state index in [1.807, 2.05) is 12.1 Å². The van der Waals surface area contributed by atoms with Crippen LogP contribution in [-0.2, 0) is 10.0 Å². The van der Waals surface area contributed by atoms with Crippen molar-refractivity contribution in [3.05, 3.63) is 29.8 Å². The molecule has 5 rings (SSSR count). The lowest BCUT2D eigenvalue weighted by Crippen LogP contribution is -2.72. The Balaban J connectivity index is 1.86. The smallest absolute Gasteiger partial charge is 0.240 e. The topological polar surface area (TPSA) is 98.2 Å². The molecule has 0 aliphatic heterocycles. The maximum atomic E-state index is 12.5. The number of benzene rings is 1. The van der Waals surface area contributed by atoms with Crippen molar-refractivity contribution in [3.8, 4) is 0 Å². The van der Waals surface area contributed by atoms with Gasteiger partial charge in [-0.1, -0.05) is 18.2 Å². The molecule has 4 saturated carbocycles. The van der Waals surface area contributed by atoms with Crippen LogP contribution in [0.15, 0.2) is 29.2 Å². The van der Waals surface area contributed by atoms with Crippen molar-refractivity contribution in [1.29, 1.82) is 0 Å². The zero-order valence-corrected chi connectivity index (χ0v) is 14.2. The standard InChI is InChI=1S/C17H25N3O2S/c1-20-23(21,22)14-5-3-2-4-13(14)15-11-6-10-7-12(8-11)16(18)17(15,19)9-10/h2-5,10-12,15-16,20H,6-9,18-19H2,1H3. The Labute approximate surface area is 137 Å². The third kappa shape index (κ3) is 2.12. The second-order valence-corrected chi connectivity index (χ2v) is 9.51. The van der Waals surface area contributed by atoms with Crippen LogP contribution in [0, 0.1) is 17.8 Å². The molecule has 5 nitrogen and oxygen atoms in total. The minimum Gasteiger partial charge on any atom is -0.326 e. The van der Waals surface area contributed by atoms with Crippen LogP contribution in [0.4, 0.5) is 0 Å². The van der Waals surface area contributed by atoms with Gasteiger partial charge in [0.15, 0.2) is 0 Å². The highest BCUT2D eigenvalue weighted by molar-refractivity contribution is 7.89. The third-order valence-electron chi connectivity index (χ3n) is 6.51. The molecule has 1 aromatic carbocycles. The van der Waals surface area contributed by atoms with Gasteiger partial charge in [-0.05, 0) is 62.1 Å². The SMILES string of the molecule is CNS(=O)(=O)c1ccccc1C1C2CC3CC(C2)C(N)C1(N)C3. The highest BCUT2D eigenvalue weighted by atomic mass is 32.2. The van der Waals surface area contributed by atoms with Crippen LogP contribution < -0.4 is 16.2 Å². The van der Waals surface area contributed by atoms with Crippen molar-refractivity contribution in [1.82, 2.24) is 4.72 Å². The number of sulfonamides is 1. The molecule has 23 heavy (non-hydrogen) atoms. The summed E-state index contributed by atoms with van der Waals surface area (Å²) < 4.78 is 27.4. The first-order valence-corrected chi connectivity index (χ1v) is 9.92. The highest BCUT2D eigenvalue weighted by Crippen LogP contribution is 2.60. The van der Waals surface area contributed by atoms with Crippen LogP contribution in [0.5, 0.6) is 0 Å². The van der Waals surface area contributed by atoms with Crippen molar-refractivity contribution in [2.24, 2.45) is 29.2 Å². The van der Waals surface area contributed by atoms with E-state index >= 15 is 0 Å². The number of rotatable bonds is 3. The van der Waals surface area contributed by atoms with Crippen LogP contribution in [0.3, 0.4) is 0 Å². The molecular formula is C17H25N3O2S. The predicted octanol–water partition coefficient (Wildman–Crippen LogP) is 1.15. The summed E-state index contributed by atoms with van der Waals surface area (Å²) in [4.78, 5) is 0.358. The Kier molecular flexibility index (Phi) is 3.40. The fourth-order valence-electron chi connectivity index (χ4n) is 5.75. The van der Waals surface area contributed by atoms with Gasteiger partial charge in [0.2, 0.25) is 10.0 Å². The molecule has 6 unspecified atom stereocenters. The van der Waals surface area contributed by atoms with Crippen molar-refractivity contribution in [2.45, 2.75) is 48.1 Å². The zero-order valence-electron chi connectivity index (χ0n) is 13.4. The first-order valence-electron chi connectivity index (χ1n) is 8.43. The molecule has 0 amide bonds. The van der Waals surface area contributed by atoms with E-state index < -0.39 is 15.6 Å². The van der Waals surface area contributed by atoms with Crippen LogP contribution in [0.1, 0.15) is 37.2 Å². The Morgan fingerprint density at radius 1 is 1.17 bits per heavy atom. The van der Waals surface area contributed by atoms with Gasteiger partial charge >= 0.3 is 0 Å². The molecule has 1 aromatic rings. The first-order chi connectivity index (χ1) is 10.9. The Morgan fingerprint density at radius 3 is 2.61 bits per heavy atom. The molecule has 0 spiro atoms. The van der Waals surface area contributed by atoms with E-state index in [2.05, 4.69) is 4.72 Å². The normalized spacial score (nSPS) is 42.1. The van der Waals surface area contributed by atoms with E-state index in [-0.39, 0.29) is 12.0 Å². The van der Waals surface area contributed by atoms with Gasteiger partial charge in [-0.25, -0.2) is 13.1 Å². The van der Waals surface area contributed by atoms with Gasteiger partial charge in [-0.3, -0.25) is 0 Å². The maximum absolute atomic E-state index is 12.5. The van der Waals surface area contributed by atoms with E-state index in [9.17, 15) is 8.42 Å². The van der Waals surface area contributed by atoms with Crippen LogP contribution in [0.2, 0.25) is 0 Å². The number of hydrogen-bond acceptors (Lipinski definition) is 4. The summed E-state index contributed by atoms with van der Waals surface area (Å²) in [7, 11) is -2.05. The van der Waals surface area contributed by atoms with Gasteiger partial charge in [0.1, 0.15) is 0 Å². The van der Waals surface area contributed by atoms with E-state index in [1.165, 1.54) is 13.5 Å². The van der Waals surface area contributed by atoms with Gasteiger partial charge in [0.25, 0.3) is 0 Å². The molecule has 4 fully saturated rings. The lowest BCUT2D eigenvalue weighted by molar-refractivity contribution is -0.0409. The minimum atomic E-state index is -3.50. The number of nitrogens with two attached hydrogens (primary N) is 2. The molecule has 4 aliphatic rings. The molecule has 0 aromatic heterocycles. The Morgan fingerprint density at radius 2 is 1.87 bits per heavy atom. The zero-order chi connectivity index (χ0) is 16.4. The summed E-state index contributed by atoms with van der Waals surface area (Å²) in [6.45, 7) is 0. The van der Waals surface area contributed by atoms with Gasteiger partial charge in [0, 0.05) is 17.5 Å². The molecular weight excluding hydrogens is 310 g/mol. The average molecular weight is 335 g/mol. The molecule has 4 aliphatic carbocycles. The molecule has 6 atom stereocenters.